The van der Waals surface area contributed by atoms with Gasteiger partial charge in [0.1, 0.15) is 0 Å². The van der Waals surface area contributed by atoms with E-state index in [1.807, 2.05) is 0 Å². The summed E-state index contributed by atoms with van der Waals surface area (Å²) in [5.41, 5.74) is 1.75. The van der Waals surface area contributed by atoms with Crippen molar-refractivity contribution in [2.24, 2.45) is 0 Å². The second-order valence-electron chi connectivity index (χ2n) is 2.72. The second kappa shape index (κ2) is 4.43. The smallest absolute Gasteiger partial charge is 0.282 e. The molecular weight excluding hydrogens is 240 g/mol. The Bertz CT molecular complexity index is 512. The average molecular weight is 248 g/mol. The highest BCUT2D eigenvalue weighted by atomic mass is 32.2. The highest BCUT2D eigenvalue weighted by Crippen LogP contribution is 2.26. The van der Waals surface area contributed by atoms with Gasteiger partial charge in [0.2, 0.25) is 0 Å². The third-order valence-corrected chi connectivity index (χ3v) is 2.54. The SMILES string of the molecule is CONc1ccc([N+](=O)[O-])c(S(=O)(=O)O)c1. The fourth-order valence-electron chi connectivity index (χ4n) is 1.05. The van der Waals surface area contributed by atoms with E-state index >= 15 is 0 Å². The zero-order valence-electron chi connectivity index (χ0n) is 8.08. The van der Waals surface area contributed by atoms with Gasteiger partial charge in [0.15, 0.2) is 4.90 Å². The Kier molecular flexibility index (Phi) is 3.42. The predicted octanol–water partition coefficient (Wildman–Crippen LogP) is 0.815. The number of benzene rings is 1. The van der Waals surface area contributed by atoms with Crippen LogP contribution in [-0.2, 0) is 15.0 Å². The molecule has 0 fully saturated rings. The molecular formula is C7H8N2O6S. The van der Waals surface area contributed by atoms with Crippen LogP contribution < -0.4 is 5.48 Å². The molecule has 0 atom stereocenters. The van der Waals surface area contributed by atoms with Crippen molar-refractivity contribution < 1.29 is 22.7 Å². The van der Waals surface area contributed by atoms with Crippen LogP contribution in [0.4, 0.5) is 11.4 Å². The van der Waals surface area contributed by atoms with E-state index < -0.39 is 25.6 Å². The van der Waals surface area contributed by atoms with Gasteiger partial charge in [0, 0.05) is 6.07 Å². The molecule has 1 rings (SSSR count). The van der Waals surface area contributed by atoms with Crippen LogP contribution in [0.15, 0.2) is 23.1 Å². The second-order valence-corrected chi connectivity index (χ2v) is 4.11. The van der Waals surface area contributed by atoms with Gasteiger partial charge in [-0.2, -0.15) is 8.42 Å². The summed E-state index contributed by atoms with van der Waals surface area (Å²) in [6.45, 7) is 0. The van der Waals surface area contributed by atoms with Gasteiger partial charge in [0.25, 0.3) is 5.69 Å². The minimum atomic E-state index is -4.66. The molecule has 0 saturated carbocycles. The van der Waals surface area contributed by atoms with Crippen molar-refractivity contribution in [3.8, 4) is 0 Å². The average Bonchev–Trinajstić information content (AvgIpc) is 2.16. The number of nitro groups is 1. The summed E-state index contributed by atoms with van der Waals surface area (Å²) < 4.78 is 30.6. The molecule has 0 aromatic heterocycles. The van der Waals surface area contributed by atoms with Crippen molar-refractivity contribution in [2.75, 3.05) is 12.6 Å². The largest absolute Gasteiger partial charge is 0.301 e. The van der Waals surface area contributed by atoms with Crippen molar-refractivity contribution >= 4 is 21.5 Å². The van der Waals surface area contributed by atoms with Crippen molar-refractivity contribution in [1.29, 1.82) is 0 Å². The molecule has 0 saturated heterocycles. The summed E-state index contributed by atoms with van der Waals surface area (Å²) in [6, 6.07) is 3.09. The fraction of sp³-hybridized carbons (Fsp3) is 0.143. The van der Waals surface area contributed by atoms with Gasteiger partial charge in [-0.05, 0) is 12.1 Å². The molecule has 0 spiro atoms. The monoisotopic (exact) mass is 248 g/mol. The summed E-state index contributed by atoms with van der Waals surface area (Å²) in [5.74, 6) is 0. The van der Waals surface area contributed by atoms with Crippen molar-refractivity contribution in [1.82, 2.24) is 0 Å². The zero-order valence-corrected chi connectivity index (χ0v) is 8.89. The zero-order chi connectivity index (χ0) is 12.3. The lowest BCUT2D eigenvalue weighted by Crippen LogP contribution is -2.05. The normalized spacial score (nSPS) is 11.1. The first kappa shape index (κ1) is 12.4. The van der Waals surface area contributed by atoms with E-state index in [0.717, 1.165) is 12.1 Å². The lowest BCUT2D eigenvalue weighted by atomic mass is 10.3. The maximum atomic E-state index is 10.9. The predicted molar refractivity (Wildman–Crippen MR) is 53.5 cm³/mol. The molecule has 1 aromatic rings. The van der Waals surface area contributed by atoms with Gasteiger partial charge in [-0.25, -0.2) is 0 Å². The third kappa shape index (κ3) is 2.66. The number of nitrogens with zero attached hydrogens (tertiary/aromatic N) is 1. The lowest BCUT2D eigenvalue weighted by molar-refractivity contribution is -0.387. The van der Waals surface area contributed by atoms with E-state index in [1.54, 1.807) is 0 Å². The van der Waals surface area contributed by atoms with Crippen LogP contribution >= 0.6 is 0 Å². The van der Waals surface area contributed by atoms with Crippen LogP contribution in [0.1, 0.15) is 0 Å². The topological polar surface area (TPSA) is 119 Å². The number of hydrogen-bond acceptors (Lipinski definition) is 6. The molecule has 0 aliphatic heterocycles. The molecule has 8 nitrogen and oxygen atoms in total. The number of rotatable bonds is 4. The summed E-state index contributed by atoms with van der Waals surface area (Å²) in [7, 11) is -3.37. The highest BCUT2D eigenvalue weighted by Gasteiger charge is 2.24. The fourth-order valence-corrected chi connectivity index (χ4v) is 1.74. The Balaban J connectivity index is 3.39. The minimum Gasteiger partial charge on any atom is -0.282 e. The first-order chi connectivity index (χ1) is 7.36. The van der Waals surface area contributed by atoms with E-state index in [9.17, 15) is 18.5 Å². The molecule has 16 heavy (non-hydrogen) atoms. The van der Waals surface area contributed by atoms with Crippen molar-refractivity contribution in [3.05, 3.63) is 28.3 Å². The van der Waals surface area contributed by atoms with Gasteiger partial charge in [0.05, 0.1) is 17.7 Å². The van der Waals surface area contributed by atoms with E-state index in [-0.39, 0.29) is 5.69 Å². The molecule has 0 unspecified atom stereocenters. The minimum absolute atomic E-state index is 0.167. The Morgan fingerprint density at radius 2 is 2.12 bits per heavy atom. The van der Waals surface area contributed by atoms with Crippen LogP contribution in [0.2, 0.25) is 0 Å². The van der Waals surface area contributed by atoms with Gasteiger partial charge < -0.3 is 0 Å². The van der Waals surface area contributed by atoms with Gasteiger partial charge in [-0.3, -0.25) is 25.0 Å². The van der Waals surface area contributed by atoms with Crippen LogP contribution in [-0.4, -0.2) is 25.0 Å². The molecule has 2 N–H and O–H groups in total. The number of anilines is 1. The van der Waals surface area contributed by atoms with Crippen molar-refractivity contribution in [3.63, 3.8) is 0 Å². The lowest BCUT2D eigenvalue weighted by Gasteiger charge is -2.04. The maximum absolute atomic E-state index is 10.9. The van der Waals surface area contributed by atoms with E-state index in [2.05, 4.69) is 10.3 Å². The van der Waals surface area contributed by atoms with Crippen LogP contribution in [0.5, 0.6) is 0 Å². The van der Waals surface area contributed by atoms with Crippen LogP contribution in [0.3, 0.4) is 0 Å². The molecule has 0 aliphatic carbocycles. The van der Waals surface area contributed by atoms with Crippen molar-refractivity contribution in [2.45, 2.75) is 4.90 Å². The quantitative estimate of drug-likeness (QED) is 0.459. The Labute approximate surface area is 90.7 Å². The Hall–Kier alpha value is -1.71. The summed E-state index contributed by atoms with van der Waals surface area (Å²) in [5, 5.41) is 10.5. The molecule has 88 valence electrons. The van der Waals surface area contributed by atoms with E-state index in [0.29, 0.717) is 0 Å². The highest BCUT2D eigenvalue weighted by molar-refractivity contribution is 7.86. The Morgan fingerprint density at radius 1 is 1.50 bits per heavy atom. The molecule has 9 heteroatoms. The molecule has 0 amide bonds. The van der Waals surface area contributed by atoms with Gasteiger partial charge in [-0.15, -0.1) is 0 Å². The van der Waals surface area contributed by atoms with Gasteiger partial charge in [-0.1, -0.05) is 0 Å². The van der Waals surface area contributed by atoms with Gasteiger partial charge >= 0.3 is 10.1 Å². The number of nitrogens with one attached hydrogen (secondary N) is 1. The molecule has 0 heterocycles. The summed E-state index contributed by atoms with van der Waals surface area (Å²) >= 11 is 0. The van der Waals surface area contributed by atoms with E-state index in [1.165, 1.54) is 13.2 Å². The Morgan fingerprint density at radius 3 is 2.56 bits per heavy atom. The third-order valence-electron chi connectivity index (χ3n) is 1.65. The van der Waals surface area contributed by atoms with Crippen LogP contribution in [0, 0.1) is 10.1 Å². The summed E-state index contributed by atoms with van der Waals surface area (Å²) in [6.07, 6.45) is 0. The first-order valence-electron chi connectivity index (χ1n) is 3.91. The van der Waals surface area contributed by atoms with Crippen LogP contribution in [0.25, 0.3) is 0 Å². The number of hydrogen-bond donors (Lipinski definition) is 2. The van der Waals surface area contributed by atoms with E-state index in [4.69, 9.17) is 4.55 Å². The molecule has 0 radical (unpaired) electrons. The molecule has 1 aromatic carbocycles. The molecule has 0 aliphatic rings. The summed E-state index contributed by atoms with van der Waals surface area (Å²) in [4.78, 5) is 13.3. The maximum Gasteiger partial charge on any atom is 0.301 e. The standard InChI is InChI=1S/C7H8N2O6S/c1-15-8-5-2-3-6(9(10)11)7(4-5)16(12,13)14/h2-4,8H,1H3,(H,12,13,14). The number of nitro benzene ring substituents is 1. The molecule has 0 bridgehead atoms. The first-order valence-corrected chi connectivity index (χ1v) is 5.35.